The number of aromatic nitrogens is 2. The number of imidazole rings is 1. The Kier molecular flexibility index (Phi) is 5.03. The number of benzene rings is 1. The fourth-order valence-electron chi connectivity index (χ4n) is 3.99. The van der Waals surface area contributed by atoms with Gasteiger partial charge >= 0.3 is 6.09 Å². The predicted octanol–water partition coefficient (Wildman–Crippen LogP) is 2.16. The first kappa shape index (κ1) is 17.9. The normalized spacial score (nSPS) is 22.1. The standard InChI is InChI=1S/C20H26N4O3/c1-3-23-11-9-21-19(23)14-22-12-17-18(13-22)27-20(25)24(17)10-8-15-4-6-16(26-2)7-5-15/h4-7,9,11,17-18H,3,8,10,12-14H2,1-2H3/t17-,18+/m1/s1. The van der Waals surface area contributed by atoms with E-state index in [1.807, 2.05) is 41.6 Å². The van der Waals surface area contributed by atoms with Crippen molar-refractivity contribution in [3.05, 3.63) is 48.0 Å². The van der Waals surface area contributed by atoms with Gasteiger partial charge in [-0.15, -0.1) is 0 Å². The Morgan fingerprint density at radius 2 is 2.07 bits per heavy atom. The Labute approximate surface area is 159 Å². The number of nitrogens with zero attached hydrogens (tertiary/aromatic N) is 4. The number of hydrogen-bond acceptors (Lipinski definition) is 5. The largest absolute Gasteiger partial charge is 0.497 e. The number of aryl methyl sites for hydroxylation is 1. The van der Waals surface area contributed by atoms with Gasteiger partial charge in [0, 0.05) is 38.6 Å². The molecule has 1 amide bonds. The van der Waals surface area contributed by atoms with E-state index >= 15 is 0 Å². The van der Waals surface area contributed by atoms with Crippen molar-refractivity contribution in [3.63, 3.8) is 0 Å². The molecule has 2 aliphatic heterocycles. The van der Waals surface area contributed by atoms with Crippen LogP contribution in [0.15, 0.2) is 36.7 Å². The van der Waals surface area contributed by atoms with Crippen molar-refractivity contribution >= 4 is 6.09 Å². The van der Waals surface area contributed by atoms with E-state index in [-0.39, 0.29) is 18.2 Å². The lowest BCUT2D eigenvalue weighted by molar-refractivity contribution is 0.119. The highest BCUT2D eigenvalue weighted by Crippen LogP contribution is 2.28. The van der Waals surface area contributed by atoms with Gasteiger partial charge < -0.3 is 14.0 Å². The van der Waals surface area contributed by atoms with E-state index in [0.717, 1.165) is 44.2 Å². The fraction of sp³-hybridized carbons (Fsp3) is 0.500. The van der Waals surface area contributed by atoms with Crippen LogP contribution in [0.2, 0.25) is 0 Å². The second-order valence-corrected chi connectivity index (χ2v) is 7.10. The molecule has 2 fully saturated rings. The van der Waals surface area contributed by atoms with Crippen molar-refractivity contribution in [3.8, 4) is 5.75 Å². The number of methoxy groups -OCH3 is 1. The third kappa shape index (κ3) is 3.64. The van der Waals surface area contributed by atoms with Crippen LogP contribution in [-0.4, -0.2) is 64.3 Å². The van der Waals surface area contributed by atoms with Crippen LogP contribution >= 0.6 is 0 Å². The molecule has 0 unspecified atom stereocenters. The Morgan fingerprint density at radius 3 is 2.81 bits per heavy atom. The molecule has 2 saturated heterocycles. The highest BCUT2D eigenvalue weighted by atomic mass is 16.6. The molecule has 2 aliphatic rings. The van der Waals surface area contributed by atoms with Crippen LogP contribution < -0.4 is 4.74 Å². The topological polar surface area (TPSA) is 59.8 Å². The van der Waals surface area contributed by atoms with Crippen LogP contribution in [0.1, 0.15) is 18.3 Å². The molecule has 7 nitrogen and oxygen atoms in total. The molecule has 0 saturated carbocycles. The zero-order valence-corrected chi connectivity index (χ0v) is 15.9. The minimum absolute atomic E-state index is 0.0431. The minimum atomic E-state index is -0.187. The van der Waals surface area contributed by atoms with Crippen LogP contribution in [0.5, 0.6) is 5.75 Å². The van der Waals surface area contributed by atoms with E-state index in [2.05, 4.69) is 21.4 Å². The molecule has 0 aliphatic carbocycles. The van der Waals surface area contributed by atoms with Crippen LogP contribution in [0.4, 0.5) is 4.79 Å². The van der Waals surface area contributed by atoms with Crippen molar-refractivity contribution in [1.29, 1.82) is 0 Å². The highest BCUT2D eigenvalue weighted by Gasteiger charge is 2.47. The van der Waals surface area contributed by atoms with Crippen molar-refractivity contribution in [2.75, 3.05) is 26.7 Å². The first-order valence-electron chi connectivity index (χ1n) is 9.50. The van der Waals surface area contributed by atoms with Gasteiger partial charge in [0.25, 0.3) is 0 Å². The molecular formula is C20H26N4O3. The van der Waals surface area contributed by atoms with Gasteiger partial charge in [0.1, 0.15) is 17.7 Å². The van der Waals surface area contributed by atoms with Crippen molar-refractivity contribution in [2.45, 2.75) is 38.6 Å². The van der Waals surface area contributed by atoms with Crippen molar-refractivity contribution < 1.29 is 14.3 Å². The Bertz CT molecular complexity index is 789. The van der Waals surface area contributed by atoms with Gasteiger partial charge in [-0.25, -0.2) is 9.78 Å². The minimum Gasteiger partial charge on any atom is -0.497 e. The summed E-state index contributed by atoms with van der Waals surface area (Å²) in [5, 5.41) is 0. The van der Waals surface area contributed by atoms with Gasteiger partial charge in [-0.05, 0) is 31.0 Å². The van der Waals surface area contributed by atoms with Crippen LogP contribution in [0.3, 0.4) is 0 Å². The zero-order chi connectivity index (χ0) is 18.8. The fourth-order valence-corrected chi connectivity index (χ4v) is 3.99. The summed E-state index contributed by atoms with van der Waals surface area (Å²) >= 11 is 0. The number of likely N-dealkylation sites (tertiary alicyclic amines) is 1. The maximum atomic E-state index is 12.3. The molecule has 1 aromatic heterocycles. The average Bonchev–Trinajstić information content (AvgIpc) is 3.36. The number of carbonyl (C=O) groups is 1. The zero-order valence-electron chi connectivity index (χ0n) is 15.9. The Morgan fingerprint density at radius 1 is 1.26 bits per heavy atom. The second-order valence-electron chi connectivity index (χ2n) is 7.10. The maximum absolute atomic E-state index is 12.3. The molecule has 144 valence electrons. The van der Waals surface area contributed by atoms with Gasteiger partial charge in [-0.1, -0.05) is 12.1 Å². The van der Waals surface area contributed by atoms with E-state index in [0.29, 0.717) is 6.54 Å². The summed E-state index contributed by atoms with van der Waals surface area (Å²) in [6.45, 7) is 6.09. The Hall–Kier alpha value is -2.54. The van der Waals surface area contributed by atoms with Gasteiger partial charge in [0.05, 0.1) is 19.7 Å². The van der Waals surface area contributed by atoms with Crippen molar-refractivity contribution in [2.24, 2.45) is 0 Å². The molecule has 7 heteroatoms. The third-order valence-corrected chi connectivity index (χ3v) is 5.51. The summed E-state index contributed by atoms with van der Waals surface area (Å²) in [5.74, 6) is 1.91. The van der Waals surface area contributed by atoms with Crippen LogP contribution in [0.25, 0.3) is 0 Å². The lowest BCUT2D eigenvalue weighted by Crippen LogP contribution is -2.39. The first-order valence-corrected chi connectivity index (χ1v) is 9.50. The molecule has 4 rings (SSSR count). The summed E-state index contributed by atoms with van der Waals surface area (Å²) in [7, 11) is 1.66. The molecule has 27 heavy (non-hydrogen) atoms. The quantitative estimate of drug-likeness (QED) is 0.748. The van der Waals surface area contributed by atoms with Gasteiger partial charge in [0.2, 0.25) is 0 Å². The smallest absolute Gasteiger partial charge is 0.410 e. The summed E-state index contributed by atoms with van der Waals surface area (Å²) in [6.07, 6.45) is 4.43. The van der Waals surface area contributed by atoms with E-state index < -0.39 is 0 Å². The first-order chi connectivity index (χ1) is 13.2. The van der Waals surface area contributed by atoms with Crippen molar-refractivity contribution in [1.82, 2.24) is 19.4 Å². The van der Waals surface area contributed by atoms with Gasteiger partial charge in [-0.3, -0.25) is 9.80 Å². The van der Waals surface area contributed by atoms with Gasteiger partial charge in [-0.2, -0.15) is 0 Å². The van der Waals surface area contributed by atoms with E-state index in [9.17, 15) is 4.79 Å². The average molecular weight is 370 g/mol. The summed E-state index contributed by atoms with van der Waals surface area (Å²) < 4.78 is 13.0. The number of hydrogen-bond donors (Lipinski definition) is 0. The monoisotopic (exact) mass is 370 g/mol. The highest BCUT2D eigenvalue weighted by molar-refractivity contribution is 5.71. The van der Waals surface area contributed by atoms with E-state index in [4.69, 9.17) is 9.47 Å². The molecule has 2 aromatic rings. The van der Waals surface area contributed by atoms with Gasteiger partial charge in [0.15, 0.2) is 0 Å². The van der Waals surface area contributed by atoms with E-state index in [1.54, 1.807) is 7.11 Å². The lowest BCUT2D eigenvalue weighted by atomic mass is 10.1. The summed E-state index contributed by atoms with van der Waals surface area (Å²) in [4.78, 5) is 21.0. The number of rotatable bonds is 7. The lowest BCUT2D eigenvalue weighted by Gasteiger charge is -2.22. The molecule has 0 radical (unpaired) electrons. The summed E-state index contributed by atoms with van der Waals surface area (Å²) in [6, 6.07) is 8.12. The molecule has 0 N–H and O–H groups in total. The molecule has 2 atom stereocenters. The van der Waals surface area contributed by atoms with Crippen LogP contribution in [-0.2, 0) is 24.2 Å². The second kappa shape index (κ2) is 7.60. The summed E-state index contributed by atoms with van der Waals surface area (Å²) in [5.41, 5.74) is 1.19. The predicted molar refractivity (Wildman–Crippen MR) is 101 cm³/mol. The molecule has 0 bridgehead atoms. The molecule has 3 heterocycles. The maximum Gasteiger partial charge on any atom is 0.410 e. The number of fused-ring (bicyclic) bond motifs is 1. The molecular weight excluding hydrogens is 344 g/mol. The SMILES string of the molecule is CCn1ccnc1CN1C[C@@H]2OC(=O)N(CCc3ccc(OC)cc3)[C@@H]2C1. The Balaban J connectivity index is 1.36. The number of carbonyl (C=O) groups excluding carboxylic acids is 1. The van der Waals surface area contributed by atoms with E-state index in [1.165, 1.54) is 5.56 Å². The number of ether oxygens (including phenoxy) is 2. The number of amides is 1. The molecule has 1 aromatic carbocycles. The molecule has 0 spiro atoms. The van der Waals surface area contributed by atoms with Crippen LogP contribution in [0, 0.1) is 0 Å². The third-order valence-electron chi connectivity index (χ3n) is 5.51.